The Hall–Kier alpha value is -2.30. The van der Waals surface area contributed by atoms with E-state index in [0.717, 1.165) is 41.0 Å². The topological polar surface area (TPSA) is 34.5 Å². The second-order valence-electron chi connectivity index (χ2n) is 7.40. The Kier molecular flexibility index (Phi) is 5.69. The molecule has 0 spiro atoms. The molecule has 0 N–H and O–H groups in total. The fraction of sp³-hybridized carbons (Fsp3) is 0.348. The Morgan fingerprint density at radius 1 is 1.04 bits per heavy atom. The zero-order valence-corrected chi connectivity index (χ0v) is 16.9. The highest BCUT2D eigenvalue weighted by Gasteiger charge is 2.23. The molecule has 0 amide bonds. The number of aryl methyl sites for hydroxylation is 1. The van der Waals surface area contributed by atoms with E-state index in [-0.39, 0.29) is 5.78 Å². The Bertz CT molecular complexity index is 972. The molecular weight excluding hydrogens is 372 g/mol. The van der Waals surface area contributed by atoms with Crippen molar-refractivity contribution in [2.45, 2.75) is 25.9 Å². The summed E-state index contributed by atoms with van der Waals surface area (Å²) < 4.78 is 8.07. The third-order valence-electron chi connectivity index (χ3n) is 5.51. The van der Waals surface area contributed by atoms with E-state index in [2.05, 4.69) is 15.5 Å². The van der Waals surface area contributed by atoms with Crippen LogP contribution in [0.15, 0.2) is 48.5 Å². The van der Waals surface area contributed by atoms with Crippen LogP contribution in [0, 0.1) is 0 Å². The van der Waals surface area contributed by atoms with Gasteiger partial charge in [-0.05, 0) is 56.3 Å². The van der Waals surface area contributed by atoms with Crippen molar-refractivity contribution in [1.29, 1.82) is 0 Å². The number of ether oxygens (including phenoxy) is 1. The Morgan fingerprint density at radius 3 is 2.50 bits per heavy atom. The monoisotopic (exact) mass is 396 g/mol. The quantitative estimate of drug-likeness (QED) is 0.545. The number of hydrogen-bond donors (Lipinski definition) is 0. The second kappa shape index (κ2) is 8.38. The highest BCUT2D eigenvalue weighted by molar-refractivity contribution is 6.30. The second-order valence-corrected chi connectivity index (χ2v) is 7.84. The average molecular weight is 397 g/mol. The van der Waals surface area contributed by atoms with Gasteiger partial charge in [-0.2, -0.15) is 0 Å². The predicted octanol–water partition coefficient (Wildman–Crippen LogP) is 5.08. The van der Waals surface area contributed by atoms with Gasteiger partial charge in [0, 0.05) is 23.0 Å². The van der Waals surface area contributed by atoms with Gasteiger partial charge in [-0.3, -0.25) is 9.69 Å². The van der Waals surface area contributed by atoms with Crippen LogP contribution in [-0.4, -0.2) is 34.9 Å². The van der Waals surface area contributed by atoms with Crippen LogP contribution in [-0.2, 0) is 13.7 Å². The lowest BCUT2D eigenvalue weighted by Crippen LogP contribution is -2.34. The number of hydrogen-bond acceptors (Lipinski definition) is 3. The van der Waals surface area contributed by atoms with Gasteiger partial charge >= 0.3 is 0 Å². The van der Waals surface area contributed by atoms with Gasteiger partial charge in [-0.15, -0.1) is 0 Å². The number of nitrogens with zero attached hydrogens (tertiary/aromatic N) is 2. The molecule has 0 bridgehead atoms. The normalized spacial score (nSPS) is 15.1. The van der Waals surface area contributed by atoms with E-state index in [9.17, 15) is 4.79 Å². The maximum absolute atomic E-state index is 13.3. The summed E-state index contributed by atoms with van der Waals surface area (Å²) in [5, 5.41) is 1.68. The van der Waals surface area contributed by atoms with Crippen molar-refractivity contribution >= 4 is 28.3 Å². The summed E-state index contributed by atoms with van der Waals surface area (Å²) in [6, 6.07) is 15.4. The summed E-state index contributed by atoms with van der Waals surface area (Å²) >= 11 is 5.96. The number of likely N-dealkylation sites (tertiary alicyclic amines) is 1. The highest BCUT2D eigenvalue weighted by Crippen LogP contribution is 2.28. The number of Topliss-reactive ketones (excluding diaryl/α,β-unsaturated/α-hetero) is 1. The molecule has 28 heavy (non-hydrogen) atoms. The number of benzene rings is 2. The van der Waals surface area contributed by atoms with Gasteiger partial charge in [0.25, 0.3) is 0 Å². The molecule has 0 atom stereocenters. The lowest BCUT2D eigenvalue weighted by atomic mass is 10.0. The molecule has 1 aromatic heterocycles. The van der Waals surface area contributed by atoms with Crippen LogP contribution in [0.2, 0.25) is 5.02 Å². The van der Waals surface area contributed by atoms with Gasteiger partial charge < -0.3 is 9.30 Å². The number of aromatic nitrogens is 1. The Labute approximate surface area is 170 Å². The number of carbonyl (C=O) groups is 1. The Morgan fingerprint density at radius 2 is 1.75 bits per heavy atom. The first kappa shape index (κ1) is 19.0. The fourth-order valence-electron chi connectivity index (χ4n) is 4.01. The molecule has 146 valence electrons. The van der Waals surface area contributed by atoms with E-state index in [4.69, 9.17) is 16.3 Å². The van der Waals surface area contributed by atoms with Crippen molar-refractivity contribution in [2.24, 2.45) is 7.05 Å². The fourth-order valence-corrected chi connectivity index (χ4v) is 4.13. The molecule has 3 aromatic rings. The van der Waals surface area contributed by atoms with Crippen molar-refractivity contribution in [3.8, 4) is 5.75 Å². The lowest BCUT2D eigenvalue weighted by Gasteiger charge is -2.25. The molecule has 2 aromatic carbocycles. The van der Waals surface area contributed by atoms with E-state index >= 15 is 0 Å². The molecule has 4 rings (SSSR count). The van der Waals surface area contributed by atoms with Crippen molar-refractivity contribution in [3.63, 3.8) is 0 Å². The zero-order chi connectivity index (χ0) is 19.5. The average Bonchev–Trinajstić information content (AvgIpc) is 3.00. The first-order chi connectivity index (χ1) is 13.6. The van der Waals surface area contributed by atoms with Crippen LogP contribution in [0.1, 0.15) is 35.3 Å². The van der Waals surface area contributed by atoms with Crippen LogP contribution < -0.4 is 4.74 Å². The molecule has 0 saturated carbocycles. The number of ketones is 1. The number of carbonyl (C=O) groups excluding carboxylic acids is 1. The van der Waals surface area contributed by atoms with Gasteiger partial charge in [0.2, 0.25) is 0 Å². The largest absolute Gasteiger partial charge is 0.487 e. The molecule has 1 saturated heterocycles. The molecule has 1 aliphatic rings. The predicted molar refractivity (Wildman–Crippen MR) is 113 cm³/mol. The molecule has 0 radical (unpaired) electrons. The Balaban J connectivity index is 1.64. The zero-order valence-electron chi connectivity index (χ0n) is 16.2. The molecule has 0 unspecified atom stereocenters. The van der Waals surface area contributed by atoms with E-state index in [1.54, 1.807) is 12.1 Å². The van der Waals surface area contributed by atoms with Crippen molar-refractivity contribution in [1.82, 2.24) is 9.47 Å². The van der Waals surface area contributed by atoms with Gasteiger partial charge in [0.1, 0.15) is 12.4 Å². The van der Waals surface area contributed by atoms with E-state index in [0.29, 0.717) is 18.2 Å². The maximum atomic E-state index is 13.3. The highest BCUT2D eigenvalue weighted by atomic mass is 35.5. The summed E-state index contributed by atoms with van der Waals surface area (Å²) in [7, 11) is 2.00. The standard InChI is InChI=1S/C23H25ClN2O2/c1-25-20-8-4-3-7-19(20)23(22(27)15-26-13-5-2-6-14-26)21(25)16-28-18-11-9-17(24)10-12-18/h3-4,7-12H,2,5-6,13-16H2,1H3. The van der Waals surface area contributed by atoms with E-state index < -0.39 is 0 Å². The summed E-state index contributed by atoms with van der Waals surface area (Å²) in [6.45, 7) is 2.83. The number of fused-ring (bicyclic) bond motifs is 1. The third-order valence-corrected chi connectivity index (χ3v) is 5.76. The molecule has 4 nitrogen and oxygen atoms in total. The number of piperidine rings is 1. The first-order valence-corrected chi connectivity index (χ1v) is 10.2. The van der Waals surface area contributed by atoms with Crippen LogP contribution >= 0.6 is 11.6 Å². The third kappa shape index (κ3) is 3.94. The smallest absolute Gasteiger partial charge is 0.179 e. The minimum absolute atomic E-state index is 0.174. The summed E-state index contributed by atoms with van der Waals surface area (Å²) in [4.78, 5) is 15.6. The minimum Gasteiger partial charge on any atom is -0.487 e. The van der Waals surface area contributed by atoms with Gasteiger partial charge in [-0.1, -0.05) is 36.2 Å². The summed E-state index contributed by atoms with van der Waals surface area (Å²) in [5.74, 6) is 0.914. The lowest BCUT2D eigenvalue weighted by molar-refractivity contribution is 0.0914. The maximum Gasteiger partial charge on any atom is 0.179 e. The van der Waals surface area contributed by atoms with E-state index in [1.807, 2.05) is 37.4 Å². The summed E-state index contributed by atoms with van der Waals surface area (Å²) in [5.41, 5.74) is 2.76. The number of rotatable bonds is 6. The van der Waals surface area contributed by atoms with Crippen molar-refractivity contribution in [2.75, 3.05) is 19.6 Å². The van der Waals surface area contributed by atoms with Crippen molar-refractivity contribution in [3.05, 3.63) is 64.8 Å². The molecule has 2 heterocycles. The number of para-hydroxylation sites is 1. The van der Waals surface area contributed by atoms with E-state index in [1.165, 1.54) is 19.3 Å². The minimum atomic E-state index is 0.174. The number of halogens is 1. The molecular formula is C23H25ClN2O2. The van der Waals surface area contributed by atoms with Crippen LogP contribution in [0.4, 0.5) is 0 Å². The van der Waals surface area contributed by atoms with Gasteiger partial charge in [-0.25, -0.2) is 0 Å². The first-order valence-electron chi connectivity index (χ1n) is 9.83. The van der Waals surface area contributed by atoms with Crippen LogP contribution in [0.3, 0.4) is 0 Å². The van der Waals surface area contributed by atoms with Gasteiger partial charge in [0.15, 0.2) is 5.78 Å². The van der Waals surface area contributed by atoms with Crippen molar-refractivity contribution < 1.29 is 9.53 Å². The molecule has 0 aliphatic carbocycles. The molecule has 5 heteroatoms. The molecule has 1 fully saturated rings. The molecule has 1 aliphatic heterocycles. The van der Waals surface area contributed by atoms with Crippen LogP contribution in [0.25, 0.3) is 10.9 Å². The summed E-state index contributed by atoms with van der Waals surface area (Å²) in [6.07, 6.45) is 3.61. The van der Waals surface area contributed by atoms with Crippen LogP contribution in [0.5, 0.6) is 5.75 Å². The van der Waals surface area contributed by atoms with Gasteiger partial charge in [0.05, 0.1) is 17.8 Å². The SMILES string of the molecule is Cn1c(COc2ccc(Cl)cc2)c(C(=O)CN2CCCCC2)c2ccccc21.